The average Bonchev–Trinajstić information content (AvgIpc) is 3.17. The summed E-state index contributed by atoms with van der Waals surface area (Å²) in [7, 11) is -1.80. The van der Waals surface area contributed by atoms with E-state index in [2.05, 4.69) is 11.6 Å². The zero-order chi connectivity index (χ0) is 19.7. The molecule has 1 aliphatic rings. The molecule has 0 amide bonds. The molecule has 0 unspecified atom stereocenters. The van der Waals surface area contributed by atoms with Crippen LogP contribution in [0.4, 0.5) is 0 Å². The summed E-state index contributed by atoms with van der Waals surface area (Å²) in [5, 5.41) is 1.15. The van der Waals surface area contributed by atoms with Crippen LogP contribution in [0.25, 0.3) is 17.0 Å². The molecule has 0 atom stereocenters. The first-order chi connectivity index (χ1) is 13.5. The zero-order valence-electron chi connectivity index (χ0n) is 15.9. The van der Waals surface area contributed by atoms with Gasteiger partial charge in [-0.25, -0.2) is 8.42 Å². The summed E-state index contributed by atoms with van der Waals surface area (Å²) in [5.41, 5.74) is 3.22. The van der Waals surface area contributed by atoms with Crippen molar-refractivity contribution in [2.75, 3.05) is 20.2 Å². The Morgan fingerprint density at radius 2 is 1.86 bits per heavy atom. The summed E-state index contributed by atoms with van der Waals surface area (Å²) in [6.45, 7) is 4.75. The number of sulfonamides is 1. The van der Waals surface area contributed by atoms with E-state index in [-0.39, 0.29) is 0 Å². The third-order valence-corrected chi connectivity index (χ3v) is 7.48. The number of piperidine rings is 1. The quantitative estimate of drug-likeness (QED) is 0.696. The first-order valence-corrected chi connectivity index (χ1v) is 10.8. The number of fused-ring (bicyclic) bond motifs is 1. The summed E-state index contributed by atoms with van der Waals surface area (Å²) < 4.78 is 32.9. The van der Waals surface area contributed by atoms with E-state index < -0.39 is 10.0 Å². The van der Waals surface area contributed by atoms with Crippen molar-refractivity contribution in [2.24, 2.45) is 0 Å². The van der Waals surface area contributed by atoms with Crippen LogP contribution in [0.2, 0.25) is 0 Å². The number of aromatic nitrogens is 1. The maximum atomic E-state index is 13.0. The molecular weight excluding hydrogens is 372 g/mol. The van der Waals surface area contributed by atoms with Gasteiger partial charge in [-0.1, -0.05) is 24.8 Å². The Morgan fingerprint density at radius 3 is 2.50 bits per heavy atom. The van der Waals surface area contributed by atoms with Gasteiger partial charge in [-0.15, -0.1) is 0 Å². The molecule has 3 aromatic rings. The van der Waals surface area contributed by atoms with Gasteiger partial charge in [0.1, 0.15) is 5.75 Å². The van der Waals surface area contributed by atoms with E-state index in [1.165, 1.54) is 5.56 Å². The molecule has 6 heteroatoms. The second-order valence-electron chi connectivity index (χ2n) is 7.11. The molecule has 0 saturated carbocycles. The van der Waals surface area contributed by atoms with Crippen LogP contribution in [0.3, 0.4) is 0 Å². The Labute approximate surface area is 165 Å². The van der Waals surface area contributed by atoms with Crippen LogP contribution in [-0.2, 0) is 10.0 Å². The van der Waals surface area contributed by atoms with Crippen molar-refractivity contribution in [3.05, 3.63) is 66.4 Å². The van der Waals surface area contributed by atoms with Crippen LogP contribution < -0.4 is 4.74 Å². The standard InChI is InChI=1S/C22H24N2O3S/c1-3-16-4-7-19(8-5-16)28(25,26)24-12-10-17(11-13-24)21-15-23-22-9-6-18(27-2)14-20(21)22/h3-9,14-15,17,23H,1,10-13H2,2H3. The monoisotopic (exact) mass is 396 g/mol. The normalized spacial score (nSPS) is 16.3. The van der Waals surface area contributed by atoms with Crippen LogP contribution in [0, 0.1) is 0 Å². The fraction of sp³-hybridized carbons (Fsp3) is 0.273. The maximum Gasteiger partial charge on any atom is 0.243 e. The van der Waals surface area contributed by atoms with Crippen molar-refractivity contribution in [1.29, 1.82) is 0 Å². The topological polar surface area (TPSA) is 62.4 Å². The Hall–Kier alpha value is -2.57. The number of methoxy groups -OCH3 is 1. The zero-order valence-corrected chi connectivity index (χ0v) is 16.7. The van der Waals surface area contributed by atoms with Gasteiger partial charge in [0.2, 0.25) is 10.0 Å². The summed E-state index contributed by atoms with van der Waals surface area (Å²) in [6.07, 6.45) is 5.35. The minimum atomic E-state index is -3.46. The maximum absolute atomic E-state index is 13.0. The first kappa shape index (κ1) is 18.8. The van der Waals surface area contributed by atoms with E-state index in [0.717, 1.165) is 35.1 Å². The lowest BCUT2D eigenvalue weighted by molar-refractivity contribution is 0.320. The van der Waals surface area contributed by atoms with Crippen molar-refractivity contribution < 1.29 is 13.2 Å². The highest BCUT2D eigenvalue weighted by Crippen LogP contribution is 2.36. The van der Waals surface area contributed by atoms with Crippen molar-refractivity contribution in [3.63, 3.8) is 0 Å². The molecular formula is C22H24N2O3S. The van der Waals surface area contributed by atoms with Gasteiger partial charge in [0, 0.05) is 30.2 Å². The molecule has 2 aromatic carbocycles. The summed E-state index contributed by atoms with van der Waals surface area (Å²) in [6, 6.07) is 12.9. The highest BCUT2D eigenvalue weighted by Gasteiger charge is 2.30. The SMILES string of the molecule is C=Cc1ccc(S(=O)(=O)N2CCC(c3c[nH]c4ccc(OC)cc34)CC2)cc1. The molecule has 5 nitrogen and oxygen atoms in total. The Morgan fingerprint density at radius 1 is 1.14 bits per heavy atom. The van der Waals surface area contributed by atoms with E-state index in [4.69, 9.17) is 4.74 Å². The van der Waals surface area contributed by atoms with Crippen molar-refractivity contribution in [2.45, 2.75) is 23.7 Å². The predicted octanol–water partition coefficient (Wildman–Crippen LogP) is 4.39. The number of nitrogens with one attached hydrogen (secondary N) is 1. The summed E-state index contributed by atoms with van der Waals surface area (Å²) in [4.78, 5) is 3.66. The van der Waals surface area contributed by atoms with Gasteiger partial charge in [0.25, 0.3) is 0 Å². The van der Waals surface area contributed by atoms with E-state index >= 15 is 0 Å². The van der Waals surface area contributed by atoms with E-state index in [1.54, 1.807) is 41.8 Å². The highest BCUT2D eigenvalue weighted by molar-refractivity contribution is 7.89. The number of aromatic amines is 1. The van der Waals surface area contributed by atoms with Gasteiger partial charge in [-0.3, -0.25) is 0 Å². The molecule has 0 radical (unpaired) electrons. The van der Waals surface area contributed by atoms with Gasteiger partial charge in [0.15, 0.2) is 0 Å². The molecule has 0 spiro atoms. The minimum absolute atomic E-state index is 0.329. The summed E-state index contributed by atoms with van der Waals surface area (Å²) in [5.74, 6) is 1.16. The lowest BCUT2D eigenvalue weighted by atomic mass is 9.90. The van der Waals surface area contributed by atoms with Crippen LogP contribution in [0.5, 0.6) is 5.75 Å². The number of hydrogen-bond acceptors (Lipinski definition) is 3. The van der Waals surface area contributed by atoms with Crippen molar-refractivity contribution >= 4 is 27.0 Å². The van der Waals surface area contributed by atoms with Gasteiger partial charge in [0.05, 0.1) is 12.0 Å². The number of ether oxygens (including phenoxy) is 1. The largest absolute Gasteiger partial charge is 0.497 e. The van der Waals surface area contributed by atoms with Gasteiger partial charge < -0.3 is 9.72 Å². The predicted molar refractivity (Wildman–Crippen MR) is 112 cm³/mol. The number of rotatable bonds is 5. The van der Waals surface area contributed by atoms with Crippen molar-refractivity contribution in [1.82, 2.24) is 9.29 Å². The molecule has 0 bridgehead atoms. The number of hydrogen-bond donors (Lipinski definition) is 1. The van der Waals surface area contributed by atoms with E-state index in [1.807, 2.05) is 24.4 Å². The number of benzene rings is 2. The molecule has 1 fully saturated rings. The summed E-state index contributed by atoms with van der Waals surface area (Å²) >= 11 is 0. The Balaban J connectivity index is 1.52. The Kier molecular flexibility index (Phi) is 5.00. The lowest BCUT2D eigenvalue weighted by Crippen LogP contribution is -2.37. The molecule has 4 rings (SSSR count). The van der Waals surface area contributed by atoms with Gasteiger partial charge in [-0.2, -0.15) is 4.31 Å². The van der Waals surface area contributed by atoms with E-state index in [9.17, 15) is 8.42 Å². The molecule has 1 aliphatic heterocycles. The van der Waals surface area contributed by atoms with Gasteiger partial charge in [-0.05, 0) is 60.2 Å². The van der Waals surface area contributed by atoms with Crippen LogP contribution >= 0.6 is 0 Å². The third kappa shape index (κ3) is 3.34. The van der Waals surface area contributed by atoms with Gasteiger partial charge >= 0.3 is 0 Å². The molecule has 2 heterocycles. The second kappa shape index (κ2) is 7.45. The third-order valence-electron chi connectivity index (χ3n) is 5.57. The average molecular weight is 397 g/mol. The molecule has 1 N–H and O–H groups in total. The lowest BCUT2D eigenvalue weighted by Gasteiger charge is -2.31. The first-order valence-electron chi connectivity index (χ1n) is 9.40. The van der Waals surface area contributed by atoms with E-state index in [0.29, 0.717) is 23.9 Å². The molecule has 1 aromatic heterocycles. The van der Waals surface area contributed by atoms with Crippen molar-refractivity contribution in [3.8, 4) is 5.75 Å². The highest BCUT2D eigenvalue weighted by atomic mass is 32.2. The number of nitrogens with zero attached hydrogens (tertiary/aromatic N) is 1. The Bertz CT molecular complexity index is 1090. The molecule has 146 valence electrons. The fourth-order valence-corrected chi connectivity index (χ4v) is 5.39. The minimum Gasteiger partial charge on any atom is -0.497 e. The molecule has 0 aliphatic carbocycles. The molecule has 28 heavy (non-hydrogen) atoms. The fourth-order valence-electron chi connectivity index (χ4n) is 3.92. The number of H-pyrrole nitrogens is 1. The van der Waals surface area contributed by atoms with Crippen LogP contribution in [-0.4, -0.2) is 37.9 Å². The second-order valence-corrected chi connectivity index (χ2v) is 9.04. The van der Waals surface area contributed by atoms with Crippen LogP contribution in [0.15, 0.2) is 60.1 Å². The smallest absolute Gasteiger partial charge is 0.243 e. The van der Waals surface area contributed by atoms with Crippen LogP contribution in [0.1, 0.15) is 29.9 Å². The molecule has 1 saturated heterocycles.